The molecule has 0 fully saturated rings. The molecule has 2 N–H and O–H groups in total. The lowest BCUT2D eigenvalue weighted by molar-refractivity contribution is 0.0205. The molecule has 5 heteroatoms. The van der Waals surface area contributed by atoms with Gasteiger partial charge in [-0.3, -0.25) is 4.99 Å². The highest BCUT2D eigenvalue weighted by Gasteiger charge is 2.24. The van der Waals surface area contributed by atoms with E-state index in [1.165, 1.54) is 0 Å². The van der Waals surface area contributed by atoms with Gasteiger partial charge in [0.05, 0.1) is 17.7 Å². The fourth-order valence-electron chi connectivity index (χ4n) is 2.04. The van der Waals surface area contributed by atoms with Crippen molar-refractivity contribution in [2.24, 2.45) is 10.4 Å². The highest BCUT2D eigenvalue weighted by Crippen LogP contribution is 2.20. The molecule has 1 aromatic carbocycles. The molecule has 0 spiro atoms. The van der Waals surface area contributed by atoms with Crippen LogP contribution in [0.4, 0.5) is 0 Å². The Bertz CT molecular complexity index is 523. The van der Waals surface area contributed by atoms with Gasteiger partial charge < -0.3 is 15.4 Å². The highest BCUT2D eigenvalue weighted by molar-refractivity contribution is 5.79. The van der Waals surface area contributed by atoms with Gasteiger partial charge in [-0.05, 0) is 23.1 Å². The van der Waals surface area contributed by atoms with E-state index in [1.807, 2.05) is 24.3 Å². The van der Waals surface area contributed by atoms with Crippen LogP contribution in [0.25, 0.3) is 0 Å². The lowest BCUT2D eigenvalue weighted by atomic mass is 9.89. The molecule has 120 valence electrons. The Balaban J connectivity index is 2.50. The molecule has 0 heterocycles. The van der Waals surface area contributed by atoms with Crippen molar-refractivity contribution in [2.45, 2.75) is 33.4 Å². The third-order valence-corrected chi connectivity index (χ3v) is 3.47. The second kappa shape index (κ2) is 8.40. The first-order valence-electron chi connectivity index (χ1n) is 7.37. The van der Waals surface area contributed by atoms with Gasteiger partial charge in [-0.2, -0.15) is 5.26 Å². The van der Waals surface area contributed by atoms with Crippen LogP contribution in [-0.2, 0) is 11.3 Å². The van der Waals surface area contributed by atoms with Gasteiger partial charge >= 0.3 is 0 Å². The summed E-state index contributed by atoms with van der Waals surface area (Å²) in [5, 5.41) is 15.3. The van der Waals surface area contributed by atoms with Gasteiger partial charge in [0.15, 0.2) is 5.96 Å². The molecule has 1 rings (SSSR count). The number of methoxy groups -OCH3 is 1. The Morgan fingerprint density at radius 2 is 1.91 bits per heavy atom. The Morgan fingerprint density at radius 1 is 1.27 bits per heavy atom. The molecule has 1 unspecified atom stereocenters. The second-order valence-electron chi connectivity index (χ2n) is 6.21. The molecule has 1 aromatic rings. The quantitative estimate of drug-likeness (QED) is 0.647. The lowest BCUT2D eigenvalue weighted by Gasteiger charge is -2.30. The predicted octanol–water partition coefficient (Wildman–Crippen LogP) is 2.28. The molecule has 0 amide bonds. The van der Waals surface area contributed by atoms with E-state index in [2.05, 4.69) is 42.5 Å². The summed E-state index contributed by atoms with van der Waals surface area (Å²) in [5.41, 5.74) is 1.83. The topological polar surface area (TPSA) is 69.4 Å². The zero-order valence-electron chi connectivity index (χ0n) is 14.1. The van der Waals surface area contributed by atoms with Gasteiger partial charge in [0.2, 0.25) is 0 Å². The second-order valence-corrected chi connectivity index (χ2v) is 6.21. The molecule has 0 aliphatic carbocycles. The van der Waals surface area contributed by atoms with Crippen LogP contribution in [0.1, 0.15) is 31.9 Å². The molecule has 0 saturated heterocycles. The fraction of sp³-hybridized carbons (Fsp3) is 0.529. The van der Waals surface area contributed by atoms with Gasteiger partial charge in [-0.1, -0.05) is 32.9 Å². The van der Waals surface area contributed by atoms with Crippen LogP contribution in [0.15, 0.2) is 29.3 Å². The van der Waals surface area contributed by atoms with E-state index < -0.39 is 0 Å². The van der Waals surface area contributed by atoms with Gasteiger partial charge in [0, 0.05) is 27.2 Å². The van der Waals surface area contributed by atoms with Crippen LogP contribution in [0, 0.1) is 16.7 Å². The standard InChI is InChI=1S/C17H26N4O/c1-17(2,3)15(22-5)12-21-16(19-4)20-11-14-8-6-13(10-18)7-9-14/h6-9,15H,11-12H2,1-5H3,(H2,19,20,21). The number of hydrogen-bond donors (Lipinski definition) is 2. The molecule has 1 atom stereocenters. The highest BCUT2D eigenvalue weighted by atomic mass is 16.5. The van der Waals surface area contributed by atoms with Crippen molar-refractivity contribution < 1.29 is 4.74 Å². The van der Waals surface area contributed by atoms with Crippen molar-refractivity contribution in [3.05, 3.63) is 35.4 Å². The van der Waals surface area contributed by atoms with E-state index in [9.17, 15) is 0 Å². The molecular weight excluding hydrogens is 276 g/mol. The maximum Gasteiger partial charge on any atom is 0.191 e. The third-order valence-electron chi connectivity index (χ3n) is 3.47. The minimum atomic E-state index is 0.0632. The Morgan fingerprint density at radius 3 is 2.36 bits per heavy atom. The van der Waals surface area contributed by atoms with Gasteiger partial charge in [0.1, 0.15) is 0 Å². The smallest absolute Gasteiger partial charge is 0.191 e. The van der Waals surface area contributed by atoms with E-state index in [0.717, 1.165) is 11.5 Å². The summed E-state index contributed by atoms with van der Waals surface area (Å²) in [4.78, 5) is 4.21. The summed E-state index contributed by atoms with van der Waals surface area (Å²) < 4.78 is 5.52. The van der Waals surface area contributed by atoms with E-state index in [0.29, 0.717) is 18.7 Å². The molecule has 0 aliphatic rings. The molecular formula is C17H26N4O. The van der Waals surface area contributed by atoms with Crippen LogP contribution >= 0.6 is 0 Å². The summed E-state index contributed by atoms with van der Waals surface area (Å²) in [6.07, 6.45) is 0.0981. The number of nitrogens with one attached hydrogen (secondary N) is 2. The monoisotopic (exact) mass is 302 g/mol. The molecule has 0 bridgehead atoms. The number of nitriles is 1. The van der Waals surface area contributed by atoms with Crippen LogP contribution in [0.2, 0.25) is 0 Å². The van der Waals surface area contributed by atoms with E-state index in [-0.39, 0.29) is 11.5 Å². The minimum absolute atomic E-state index is 0.0632. The van der Waals surface area contributed by atoms with Crippen LogP contribution < -0.4 is 10.6 Å². The van der Waals surface area contributed by atoms with Crippen molar-refractivity contribution in [1.29, 1.82) is 5.26 Å². The zero-order valence-corrected chi connectivity index (χ0v) is 14.1. The number of benzene rings is 1. The fourth-order valence-corrected chi connectivity index (χ4v) is 2.04. The lowest BCUT2D eigenvalue weighted by Crippen LogP contribution is -2.45. The van der Waals surface area contributed by atoms with Crippen LogP contribution in [-0.4, -0.2) is 32.8 Å². The van der Waals surface area contributed by atoms with Crippen molar-refractivity contribution in [1.82, 2.24) is 10.6 Å². The van der Waals surface area contributed by atoms with Crippen molar-refractivity contribution in [2.75, 3.05) is 20.7 Å². The van der Waals surface area contributed by atoms with Gasteiger partial charge in [0.25, 0.3) is 0 Å². The summed E-state index contributed by atoms with van der Waals surface area (Å²) >= 11 is 0. The van der Waals surface area contributed by atoms with E-state index >= 15 is 0 Å². The molecule has 22 heavy (non-hydrogen) atoms. The SMILES string of the molecule is CN=C(NCc1ccc(C#N)cc1)NCC(OC)C(C)(C)C. The van der Waals surface area contributed by atoms with Crippen molar-refractivity contribution in [3.63, 3.8) is 0 Å². The van der Waals surface area contributed by atoms with E-state index in [1.54, 1.807) is 14.2 Å². The number of rotatable bonds is 5. The van der Waals surface area contributed by atoms with Crippen LogP contribution in [0.5, 0.6) is 0 Å². The maximum absolute atomic E-state index is 8.79. The third kappa shape index (κ3) is 5.74. The Hall–Kier alpha value is -2.06. The number of guanidine groups is 1. The van der Waals surface area contributed by atoms with Crippen molar-refractivity contribution in [3.8, 4) is 6.07 Å². The zero-order chi connectivity index (χ0) is 16.6. The number of hydrogen-bond acceptors (Lipinski definition) is 3. The molecule has 0 aromatic heterocycles. The molecule has 5 nitrogen and oxygen atoms in total. The first kappa shape index (κ1) is 18.0. The normalized spacial score (nSPS) is 13.4. The molecule has 0 radical (unpaired) electrons. The van der Waals surface area contributed by atoms with Crippen LogP contribution in [0.3, 0.4) is 0 Å². The Labute approximate surface area is 133 Å². The summed E-state index contributed by atoms with van der Waals surface area (Å²) in [6, 6.07) is 9.61. The van der Waals surface area contributed by atoms with Gasteiger partial charge in [-0.25, -0.2) is 0 Å². The first-order chi connectivity index (χ1) is 10.4. The van der Waals surface area contributed by atoms with Gasteiger partial charge in [-0.15, -0.1) is 0 Å². The largest absolute Gasteiger partial charge is 0.379 e. The molecule has 0 aliphatic heterocycles. The Kier molecular flexibility index (Phi) is 6.87. The minimum Gasteiger partial charge on any atom is -0.379 e. The number of nitrogens with zero attached hydrogens (tertiary/aromatic N) is 2. The first-order valence-corrected chi connectivity index (χ1v) is 7.37. The molecule has 0 saturated carbocycles. The number of ether oxygens (including phenoxy) is 1. The average Bonchev–Trinajstić information content (AvgIpc) is 2.50. The number of aliphatic imine (C=N–C) groups is 1. The summed E-state index contributed by atoms with van der Waals surface area (Å²) in [5.74, 6) is 0.732. The predicted molar refractivity (Wildman–Crippen MR) is 89.6 cm³/mol. The summed E-state index contributed by atoms with van der Waals surface area (Å²) in [7, 11) is 3.47. The summed E-state index contributed by atoms with van der Waals surface area (Å²) in [6.45, 7) is 7.78. The average molecular weight is 302 g/mol. The van der Waals surface area contributed by atoms with Crippen molar-refractivity contribution >= 4 is 5.96 Å². The van der Waals surface area contributed by atoms with E-state index in [4.69, 9.17) is 10.00 Å². The maximum atomic E-state index is 8.79.